The molecule has 2 aromatic carbocycles. The first-order valence-corrected chi connectivity index (χ1v) is 9.44. The molecule has 0 saturated heterocycles. The summed E-state index contributed by atoms with van der Waals surface area (Å²) in [6, 6.07) is 12.2. The lowest BCUT2D eigenvalue weighted by Gasteiger charge is -2.15. The van der Waals surface area contributed by atoms with Crippen molar-refractivity contribution in [1.29, 1.82) is 0 Å². The number of rotatable bonds is 6. The number of aromatic amines is 1. The monoisotopic (exact) mass is 444 g/mol. The predicted molar refractivity (Wildman–Crippen MR) is 111 cm³/mol. The lowest BCUT2D eigenvalue weighted by Crippen LogP contribution is -2.07. The Morgan fingerprint density at radius 1 is 0.906 bits per heavy atom. The molecule has 0 bridgehead atoms. The van der Waals surface area contributed by atoms with Crippen LogP contribution in [0.25, 0.3) is 28.1 Å². The summed E-state index contributed by atoms with van der Waals surface area (Å²) in [6.45, 7) is 0. The second kappa shape index (κ2) is 8.29. The second-order valence-electron chi connectivity index (χ2n) is 6.71. The van der Waals surface area contributed by atoms with Crippen molar-refractivity contribution >= 4 is 0 Å². The van der Waals surface area contributed by atoms with Crippen molar-refractivity contribution in [1.82, 2.24) is 20.0 Å². The van der Waals surface area contributed by atoms with Gasteiger partial charge >= 0.3 is 6.18 Å². The van der Waals surface area contributed by atoms with Crippen molar-refractivity contribution in [3.8, 4) is 45.3 Å². The quantitative estimate of drug-likeness (QED) is 0.454. The third-order valence-corrected chi connectivity index (χ3v) is 4.90. The molecular formula is C22H19F3N4O3. The van der Waals surface area contributed by atoms with Crippen molar-refractivity contribution in [3.05, 3.63) is 60.6 Å². The lowest BCUT2D eigenvalue weighted by molar-refractivity contribution is -0.140. The number of H-pyrrole nitrogens is 1. The highest BCUT2D eigenvalue weighted by Gasteiger charge is 2.39. The maximum Gasteiger partial charge on any atom is 0.433 e. The number of nitrogens with zero attached hydrogens (tertiary/aromatic N) is 3. The Kier molecular flexibility index (Phi) is 5.52. The van der Waals surface area contributed by atoms with Gasteiger partial charge in [-0.15, -0.1) is 0 Å². The number of ether oxygens (including phenoxy) is 3. The molecule has 1 N–H and O–H groups in total. The minimum absolute atomic E-state index is 0.0442. The largest absolute Gasteiger partial charge is 0.493 e. The minimum atomic E-state index is -4.67. The zero-order valence-corrected chi connectivity index (χ0v) is 17.4. The van der Waals surface area contributed by atoms with Gasteiger partial charge in [-0.1, -0.05) is 18.2 Å². The number of hydrogen-bond acceptors (Lipinski definition) is 5. The number of para-hydroxylation sites is 1. The fourth-order valence-electron chi connectivity index (χ4n) is 3.48. The molecule has 0 spiro atoms. The van der Waals surface area contributed by atoms with Crippen LogP contribution in [0.3, 0.4) is 0 Å². The first-order valence-electron chi connectivity index (χ1n) is 9.44. The molecule has 0 amide bonds. The molecule has 2 aromatic heterocycles. The van der Waals surface area contributed by atoms with E-state index in [4.69, 9.17) is 14.2 Å². The molecule has 0 atom stereocenters. The third kappa shape index (κ3) is 3.64. The summed E-state index contributed by atoms with van der Waals surface area (Å²) in [4.78, 5) is 0. The van der Waals surface area contributed by atoms with Gasteiger partial charge in [-0.2, -0.15) is 23.4 Å². The molecular weight excluding hydrogens is 425 g/mol. The van der Waals surface area contributed by atoms with Crippen LogP contribution >= 0.6 is 0 Å². The summed E-state index contributed by atoms with van der Waals surface area (Å²) < 4.78 is 59.2. The van der Waals surface area contributed by atoms with Crippen molar-refractivity contribution in [2.45, 2.75) is 6.18 Å². The molecule has 0 radical (unpaired) electrons. The van der Waals surface area contributed by atoms with Crippen molar-refractivity contribution in [3.63, 3.8) is 0 Å². The molecule has 32 heavy (non-hydrogen) atoms. The standard InChI is InChI=1S/C22H19F3N4O3/c1-30-16-10-9-15(19(31-2)20(16)32-3)18-17(21(28-27-18)22(23,24)25)13-11-26-29(12-13)14-7-5-4-6-8-14/h4-12H,1-3H3,(H,27,28). The fourth-order valence-corrected chi connectivity index (χ4v) is 3.48. The van der Waals surface area contributed by atoms with E-state index in [2.05, 4.69) is 15.3 Å². The summed E-state index contributed by atoms with van der Waals surface area (Å²) >= 11 is 0. The van der Waals surface area contributed by atoms with E-state index < -0.39 is 11.9 Å². The Labute approximate surface area is 181 Å². The number of aromatic nitrogens is 4. The Bertz CT molecular complexity index is 1230. The highest BCUT2D eigenvalue weighted by molar-refractivity contribution is 5.87. The van der Waals surface area contributed by atoms with Crippen LogP contribution in [0.2, 0.25) is 0 Å². The molecule has 0 unspecified atom stereocenters. The van der Waals surface area contributed by atoms with Gasteiger partial charge in [-0.05, 0) is 24.3 Å². The SMILES string of the molecule is COc1ccc(-c2n[nH]c(C(F)(F)F)c2-c2cnn(-c3ccccc3)c2)c(OC)c1OC. The number of benzene rings is 2. The minimum Gasteiger partial charge on any atom is -0.493 e. The zero-order valence-electron chi connectivity index (χ0n) is 17.4. The van der Waals surface area contributed by atoms with E-state index in [9.17, 15) is 13.2 Å². The van der Waals surface area contributed by atoms with Crippen molar-refractivity contribution in [2.75, 3.05) is 21.3 Å². The van der Waals surface area contributed by atoms with Gasteiger partial charge in [-0.3, -0.25) is 5.10 Å². The second-order valence-corrected chi connectivity index (χ2v) is 6.71. The molecule has 4 aromatic rings. The van der Waals surface area contributed by atoms with Gasteiger partial charge in [-0.25, -0.2) is 4.68 Å². The lowest BCUT2D eigenvalue weighted by atomic mass is 9.99. The smallest absolute Gasteiger partial charge is 0.433 e. The Hall–Kier alpha value is -3.95. The van der Waals surface area contributed by atoms with Gasteiger partial charge < -0.3 is 14.2 Å². The van der Waals surface area contributed by atoms with E-state index in [1.165, 1.54) is 38.4 Å². The number of alkyl halides is 3. The Morgan fingerprint density at radius 2 is 1.62 bits per heavy atom. The highest BCUT2D eigenvalue weighted by atomic mass is 19.4. The molecule has 0 aliphatic carbocycles. The topological polar surface area (TPSA) is 74.2 Å². The molecule has 10 heteroatoms. The van der Waals surface area contributed by atoms with Gasteiger partial charge in [0.05, 0.1) is 33.2 Å². The zero-order chi connectivity index (χ0) is 22.9. The van der Waals surface area contributed by atoms with Crippen LogP contribution in [0, 0.1) is 0 Å². The van der Waals surface area contributed by atoms with E-state index in [1.54, 1.807) is 24.3 Å². The van der Waals surface area contributed by atoms with Crippen molar-refractivity contribution in [2.24, 2.45) is 0 Å². The van der Waals surface area contributed by atoms with E-state index in [0.717, 1.165) is 0 Å². The molecule has 4 rings (SSSR count). The molecule has 7 nitrogen and oxygen atoms in total. The summed E-state index contributed by atoms with van der Waals surface area (Å²) in [6.07, 6.45) is -1.78. The summed E-state index contributed by atoms with van der Waals surface area (Å²) in [5, 5.41) is 10.4. The van der Waals surface area contributed by atoms with E-state index in [1.807, 2.05) is 18.2 Å². The first-order chi connectivity index (χ1) is 15.4. The predicted octanol–water partition coefficient (Wildman–Crippen LogP) is 4.97. The normalized spacial score (nSPS) is 11.4. The van der Waals surface area contributed by atoms with Crippen LogP contribution in [-0.4, -0.2) is 41.3 Å². The molecule has 0 saturated carbocycles. The van der Waals surface area contributed by atoms with E-state index >= 15 is 0 Å². The number of hydrogen-bond donors (Lipinski definition) is 1. The molecule has 166 valence electrons. The van der Waals surface area contributed by atoms with Gasteiger partial charge in [0.1, 0.15) is 11.4 Å². The van der Waals surface area contributed by atoms with Gasteiger partial charge in [0, 0.05) is 22.9 Å². The maximum atomic E-state index is 13.9. The van der Waals surface area contributed by atoms with Gasteiger partial charge in [0.2, 0.25) is 5.75 Å². The van der Waals surface area contributed by atoms with Gasteiger partial charge in [0.25, 0.3) is 0 Å². The Morgan fingerprint density at radius 3 is 2.25 bits per heavy atom. The van der Waals surface area contributed by atoms with Crippen LogP contribution in [0.15, 0.2) is 54.9 Å². The molecule has 0 aliphatic heterocycles. The summed E-state index contributed by atoms with van der Waals surface area (Å²) in [5.41, 5.74) is 0.159. The molecule has 2 heterocycles. The van der Waals surface area contributed by atoms with Crippen LogP contribution in [0.5, 0.6) is 17.2 Å². The Balaban J connectivity index is 1.94. The molecule has 0 fully saturated rings. The van der Waals surface area contributed by atoms with Crippen LogP contribution in [0.1, 0.15) is 5.69 Å². The van der Waals surface area contributed by atoms with Crippen molar-refractivity contribution < 1.29 is 27.4 Å². The average Bonchev–Trinajstić information content (AvgIpc) is 3.45. The summed E-state index contributed by atoms with van der Waals surface area (Å²) in [5.74, 6) is 0.817. The number of methoxy groups -OCH3 is 3. The highest BCUT2D eigenvalue weighted by Crippen LogP contribution is 2.48. The summed E-state index contributed by atoms with van der Waals surface area (Å²) in [7, 11) is 4.27. The third-order valence-electron chi connectivity index (χ3n) is 4.90. The van der Waals surface area contributed by atoms with Crippen LogP contribution < -0.4 is 14.2 Å². The van der Waals surface area contributed by atoms with E-state index in [-0.39, 0.29) is 28.3 Å². The first kappa shape index (κ1) is 21.3. The van der Waals surface area contributed by atoms with E-state index in [0.29, 0.717) is 17.0 Å². The van der Waals surface area contributed by atoms with Gasteiger partial charge in [0.15, 0.2) is 11.5 Å². The average molecular weight is 444 g/mol. The maximum absolute atomic E-state index is 13.9. The molecule has 0 aliphatic rings. The fraction of sp³-hybridized carbons (Fsp3) is 0.182. The number of nitrogens with one attached hydrogen (secondary N) is 1. The van der Waals surface area contributed by atoms with Crippen LogP contribution in [0.4, 0.5) is 13.2 Å². The number of halogens is 3. The van der Waals surface area contributed by atoms with Crippen LogP contribution in [-0.2, 0) is 6.18 Å².